The SMILES string of the molecule is CCOC(=O)c1cnc2[nH]ccc2c1N[C@@H]1CCC[C@@H](CO[Si](C(C)C)(C(C)C)C(C)C)C1. The van der Waals surface area contributed by atoms with Gasteiger partial charge in [0.1, 0.15) is 11.2 Å². The second-order valence-electron chi connectivity index (χ2n) is 10.5. The van der Waals surface area contributed by atoms with Gasteiger partial charge in [0.05, 0.1) is 12.3 Å². The van der Waals surface area contributed by atoms with Crippen molar-refractivity contribution in [3.05, 3.63) is 24.0 Å². The number of fused-ring (bicyclic) bond motifs is 1. The number of H-pyrrole nitrogens is 1. The first kappa shape index (κ1) is 25.8. The van der Waals surface area contributed by atoms with Crippen LogP contribution in [0.3, 0.4) is 0 Å². The van der Waals surface area contributed by atoms with Crippen LogP contribution >= 0.6 is 0 Å². The van der Waals surface area contributed by atoms with E-state index in [0.717, 1.165) is 36.2 Å². The van der Waals surface area contributed by atoms with Gasteiger partial charge in [-0.2, -0.15) is 0 Å². The van der Waals surface area contributed by atoms with E-state index in [1.165, 1.54) is 12.8 Å². The van der Waals surface area contributed by atoms with E-state index in [9.17, 15) is 4.79 Å². The number of hydrogen-bond acceptors (Lipinski definition) is 5. The average molecular weight is 474 g/mol. The van der Waals surface area contributed by atoms with Crippen LogP contribution in [0, 0.1) is 5.92 Å². The molecule has 1 fully saturated rings. The fraction of sp³-hybridized carbons (Fsp3) is 0.692. The molecule has 0 bridgehead atoms. The summed E-state index contributed by atoms with van der Waals surface area (Å²) in [6.45, 7) is 17.1. The van der Waals surface area contributed by atoms with Crippen molar-refractivity contribution in [2.45, 2.75) is 96.8 Å². The first-order chi connectivity index (χ1) is 15.7. The topological polar surface area (TPSA) is 76.2 Å². The highest BCUT2D eigenvalue weighted by atomic mass is 28.4. The molecule has 2 aromatic heterocycles. The minimum Gasteiger partial charge on any atom is -0.462 e. The molecule has 1 saturated carbocycles. The lowest BCUT2D eigenvalue weighted by atomic mass is 9.86. The Morgan fingerprint density at radius 3 is 2.52 bits per heavy atom. The van der Waals surface area contributed by atoms with Crippen LogP contribution in [0.5, 0.6) is 0 Å². The van der Waals surface area contributed by atoms with Gasteiger partial charge in [-0.15, -0.1) is 0 Å². The van der Waals surface area contributed by atoms with Crippen LogP contribution in [0.2, 0.25) is 16.6 Å². The van der Waals surface area contributed by atoms with Crippen LogP contribution in [0.1, 0.15) is 84.5 Å². The Hall–Kier alpha value is -1.86. The monoisotopic (exact) mass is 473 g/mol. The standard InChI is InChI=1S/C26H43N3O3Si/c1-8-31-26(30)23-15-28-25-22(12-13-27-25)24(23)29-21-11-9-10-20(14-21)16-32-33(17(2)3,18(4)5)19(6)7/h12-13,15,17-21H,8-11,14,16H2,1-7H3,(H2,27,28,29)/t20-,21-/m1/s1. The van der Waals surface area contributed by atoms with Gasteiger partial charge in [0.2, 0.25) is 0 Å². The maximum Gasteiger partial charge on any atom is 0.341 e. The summed E-state index contributed by atoms with van der Waals surface area (Å²) in [4.78, 5) is 20.2. The highest BCUT2D eigenvalue weighted by Crippen LogP contribution is 2.43. The van der Waals surface area contributed by atoms with Crippen LogP contribution in [0.4, 0.5) is 5.69 Å². The molecular weight excluding hydrogens is 430 g/mol. The molecule has 0 aromatic carbocycles. The number of carbonyl (C=O) groups excluding carboxylic acids is 1. The van der Waals surface area contributed by atoms with Gasteiger partial charge in [0, 0.05) is 30.4 Å². The smallest absolute Gasteiger partial charge is 0.341 e. The quantitative estimate of drug-likeness (QED) is 0.290. The summed E-state index contributed by atoms with van der Waals surface area (Å²) in [5.74, 6) is 0.210. The number of carbonyl (C=O) groups is 1. The average Bonchev–Trinajstić information content (AvgIpc) is 3.23. The Morgan fingerprint density at radius 1 is 1.18 bits per heavy atom. The van der Waals surface area contributed by atoms with Gasteiger partial charge in [-0.1, -0.05) is 48.0 Å². The van der Waals surface area contributed by atoms with E-state index >= 15 is 0 Å². The van der Waals surface area contributed by atoms with Gasteiger partial charge < -0.3 is 19.5 Å². The Balaban J connectivity index is 1.75. The lowest BCUT2D eigenvalue weighted by Gasteiger charge is -2.43. The molecule has 3 rings (SSSR count). The van der Waals surface area contributed by atoms with E-state index in [1.54, 1.807) is 6.20 Å². The van der Waals surface area contributed by atoms with Crippen LogP contribution in [-0.4, -0.2) is 43.5 Å². The summed E-state index contributed by atoms with van der Waals surface area (Å²) in [7, 11) is -1.86. The molecule has 7 heteroatoms. The molecule has 0 aliphatic heterocycles. The van der Waals surface area contributed by atoms with Gasteiger partial charge in [-0.25, -0.2) is 9.78 Å². The third kappa shape index (κ3) is 5.45. The third-order valence-corrected chi connectivity index (χ3v) is 13.6. The normalized spacial score (nSPS) is 19.6. The highest BCUT2D eigenvalue weighted by molar-refractivity contribution is 6.77. The molecule has 0 spiro atoms. The first-order valence-corrected chi connectivity index (χ1v) is 14.9. The summed E-state index contributed by atoms with van der Waals surface area (Å²) < 4.78 is 12.2. The lowest BCUT2D eigenvalue weighted by Crippen LogP contribution is -2.49. The summed E-state index contributed by atoms with van der Waals surface area (Å²) in [6.07, 6.45) is 8.00. The molecule has 1 aliphatic rings. The number of hydrogen-bond donors (Lipinski definition) is 2. The van der Waals surface area contributed by atoms with Crippen LogP contribution in [0.15, 0.2) is 18.5 Å². The number of anilines is 1. The number of ether oxygens (including phenoxy) is 1. The molecule has 2 atom stereocenters. The van der Waals surface area contributed by atoms with Gasteiger partial charge in [-0.3, -0.25) is 0 Å². The van der Waals surface area contributed by atoms with Crippen molar-refractivity contribution in [2.24, 2.45) is 5.92 Å². The molecule has 2 heterocycles. The molecule has 2 N–H and O–H groups in total. The molecule has 184 valence electrons. The number of esters is 1. The fourth-order valence-electron chi connectivity index (χ4n) is 6.07. The molecule has 6 nitrogen and oxygen atoms in total. The van der Waals surface area contributed by atoms with Crippen molar-refractivity contribution < 1.29 is 14.0 Å². The molecule has 0 saturated heterocycles. The highest BCUT2D eigenvalue weighted by Gasteiger charge is 2.45. The number of pyridine rings is 1. The van der Waals surface area contributed by atoms with E-state index < -0.39 is 8.32 Å². The minimum absolute atomic E-state index is 0.300. The number of aromatic amines is 1. The van der Waals surface area contributed by atoms with Crippen molar-refractivity contribution in [2.75, 3.05) is 18.5 Å². The zero-order valence-corrected chi connectivity index (χ0v) is 22.5. The van der Waals surface area contributed by atoms with E-state index in [4.69, 9.17) is 9.16 Å². The van der Waals surface area contributed by atoms with Crippen molar-refractivity contribution in [3.8, 4) is 0 Å². The fourth-order valence-corrected chi connectivity index (χ4v) is 11.6. The first-order valence-electron chi connectivity index (χ1n) is 12.7. The van der Waals surface area contributed by atoms with Crippen molar-refractivity contribution >= 4 is 31.0 Å². The number of aromatic nitrogens is 2. The Bertz CT molecular complexity index is 903. The molecule has 1 aliphatic carbocycles. The Morgan fingerprint density at radius 2 is 1.88 bits per heavy atom. The van der Waals surface area contributed by atoms with Gasteiger partial charge in [0.15, 0.2) is 8.32 Å². The predicted molar refractivity (Wildman–Crippen MR) is 138 cm³/mol. The summed E-state index contributed by atoms with van der Waals surface area (Å²) in [5, 5.41) is 4.64. The molecular formula is C26H43N3O3Si. The molecule has 2 aromatic rings. The molecule has 0 amide bonds. The van der Waals surface area contributed by atoms with E-state index in [0.29, 0.717) is 40.8 Å². The zero-order valence-electron chi connectivity index (χ0n) is 21.5. The maximum atomic E-state index is 12.6. The second kappa shape index (κ2) is 11.0. The summed E-state index contributed by atoms with van der Waals surface area (Å²) >= 11 is 0. The molecule has 0 unspecified atom stereocenters. The number of rotatable bonds is 10. The zero-order chi connectivity index (χ0) is 24.2. The van der Waals surface area contributed by atoms with Gasteiger partial charge in [-0.05, 0) is 54.8 Å². The largest absolute Gasteiger partial charge is 0.462 e. The van der Waals surface area contributed by atoms with E-state index in [-0.39, 0.29) is 5.97 Å². The lowest BCUT2D eigenvalue weighted by molar-refractivity contribution is 0.0527. The summed E-state index contributed by atoms with van der Waals surface area (Å²) in [6, 6.07) is 2.28. The van der Waals surface area contributed by atoms with Crippen LogP contribution < -0.4 is 5.32 Å². The summed E-state index contributed by atoms with van der Waals surface area (Å²) in [5.41, 5.74) is 3.92. The van der Waals surface area contributed by atoms with E-state index in [2.05, 4.69) is 56.8 Å². The Labute approximate surface area is 200 Å². The molecule has 0 radical (unpaired) electrons. The minimum atomic E-state index is -1.86. The van der Waals surface area contributed by atoms with Crippen LogP contribution in [-0.2, 0) is 9.16 Å². The van der Waals surface area contributed by atoms with Crippen molar-refractivity contribution in [1.82, 2.24) is 9.97 Å². The van der Waals surface area contributed by atoms with E-state index in [1.807, 2.05) is 19.2 Å². The number of nitrogens with one attached hydrogen (secondary N) is 2. The number of nitrogens with zero attached hydrogens (tertiary/aromatic N) is 1. The third-order valence-electron chi connectivity index (χ3n) is 7.49. The van der Waals surface area contributed by atoms with Crippen LogP contribution in [0.25, 0.3) is 11.0 Å². The van der Waals surface area contributed by atoms with Crippen molar-refractivity contribution in [3.63, 3.8) is 0 Å². The Kier molecular flexibility index (Phi) is 8.62. The van der Waals surface area contributed by atoms with Crippen molar-refractivity contribution in [1.29, 1.82) is 0 Å². The van der Waals surface area contributed by atoms with Gasteiger partial charge >= 0.3 is 5.97 Å². The second-order valence-corrected chi connectivity index (χ2v) is 16.0. The maximum absolute atomic E-state index is 12.6. The predicted octanol–water partition coefficient (Wildman–Crippen LogP) is 6.90. The van der Waals surface area contributed by atoms with Gasteiger partial charge in [0.25, 0.3) is 0 Å². The molecule has 33 heavy (non-hydrogen) atoms.